The quantitative estimate of drug-likeness (QED) is 0.798. The van der Waals surface area contributed by atoms with Crippen molar-refractivity contribution in [2.45, 2.75) is 40.0 Å². The lowest BCUT2D eigenvalue weighted by molar-refractivity contribution is -0.153. The maximum absolute atomic E-state index is 12.2. The summed E-state index contributed by atoms with van der Waals surface area (Å²) in [6, 6.07) is 0. The summed E-state index contributed by atoms with van der Waals surface area (Å²) in [6.45, 7) is 7.01. The van der Waals surface area contributed by atoms with Gasteiger partial charge in [0.05, 0.1) is 5.41 Å². The van der Waals surface area contributed by atoms with Gasteiger partial charge in [0.1, 0.15) is 0 Å². The van der Waals surface area contributed by atoms with Gasteiger partial charge < -0.3 is 10.0 Å². The molecule has 0 aromatic carbocycles. The second kappa shape index (κ2) is 3.72. The molecule has 0 aromatic rings. The number of piperidine rings is 1. The van der Waals surface area contributed by atoms with Gasteiger partial charge in [-0.05, 0) is 31.6 Å². The summed E-state index contributed by atoms with van der Waals surface area (Å²) in [4.78, 5) is 25.2. The number of carboxylic acids is 1. The van der Waals surface area contributed by atoms with E-state index in [1.165, 1.54) is 0 Å². The molecule has 0 bridgehead atoms. The fraction of sp³-hybridized carbons (Fsp3) is 0.846. The number of hydrogen-bond donors (Lipinski definition) is 1. The predicted molar refractivity (Wildman–Crippen MR) is 63.4 cm³/mol. The Morgan fingerprint density at radius 1 is 1.29 bits per heavy atom. The summed E-state index contributed by atoms with van der Waals surface area (Å²) in [5, 5.41) is 9.22. The van der Waals surface area contributed by atoms with E-state index in [-0.39, 0.29) is 17.2 Å². The average molecular weight is 239 g/mol. The van der Waals surface area contributed by atoms with E-state index in [9.17, 15) is 14.7 Å². The maximum atomic E-state index is 12.2. The SMILES string of the molecule is CC1(C(=O)O)CCCN(C(=O)C2CC2(C)C)C1. The first-order chi connectivity index (χ1) is 7.76. The molecular weight excluding hydrogens is 218 g/mol. The number of carbonyl (C=O) groups excluding carboxylic acids is 1. The van der Waals surface area contributed by atoms with Crippen molar-refractivity contribution in [3.8, 4) is 0 Å². The van der Waals surface area contributed by atoms with Gasteiger partial charge in [-0.25, -0.2) is 0 Å². The van der Waals surface area contributed by atoms with Crippen LogP contribution in [0.15, 0.2) is 0 Å². The second-order valence-corrected chi connectivity index (χ2v) is 6.47. The fourth-order valence-electron chi connectivity index (χ4n) is 2.71. The zero-order chi connectivity index (χ0) is 12.8. The second-order valence-electron chi connectivity index (χ2n) is 6.47. The molecule has 1 heterocycles. The van der Waals surface area contributed by atoms with Crippen molar-refractivity contribution in [1.29, 1.82) is 0 Å². The molecule has 1 aliphatic carbocycles. The van der Waals surface area contributed by atoms with Gasteiger partial charge in [0.25, 0.3) is 0 Å². The molecule has 4 heteroatoms. The number of carbonyl (C=O) groups is 2. The molecule has 1 saturated carbocycles. The minimum atomic E-state index is -0.787. The van der Waals surface area contributed by atoms with Crippen molar-refractivity contribution in [2.75, 3.05) is 13.1 Å². The van der Waals surface area contributed by atoms with E-state index in [4.69, 9.17) is 0 Å². The summed E-state index contributed by atoms with van der Waals surface area (Å²) >= 11 is 0. The molecule has 2 unspecified atom stereocenters. The van der Waals surface area contributed by atoms with Crippen LogP contribution in [-0.2, 0) is 9.59 Å². The summed E-state index contributed by atoms with van der Waals surface area (Å²) in [7, 11) is 0. The van der Waals surface area contributed by atoms with Crippen LogP contribution < -0.4 is 0 Å². The Hall–Kier alpha value is -1.06. The molecular formula is C13H21NO3. The van der Waals surface area contributed by atoms with Crippen LogP contribution in [-0.4, -0.2) is 35.0 Å². The van der Waals surface area contributed by atoms with Gasteiger partial charge in [0.15, 0.2) is 0 Å². The summed E-state index contributed by atoms with van der Waals surface area (Å²) in [5.41, 5.74) is -0.638. The standard InChI is InChI=1S/C13H21NO3/c1-12(2)7-9(12)10(15)14-6-4-5-13(3,8-14)11(16)17/h9H,4-8H2,1-3H3,(H,16,17). The fourth-order valence-corrected chi connectivity index (χ4v) is 2.71. The molecule has 1 amide bonds. The Kier molecular flexibility index (Phi) is 2.71. The molecule has 96 valence electrons. The highest BCUT2D eigenvalue weighted by Gasteiger charge is 2.53. The first-order valence-electron chi connectivity index (χ1n) is 6.28. The molecule has 2 rings (SSSR count). The maximum Gasteiger partial charge on any atom is 0.311 e. The molecule has 17 heavy (non-hydrogen) atoms. The predicted octanol–water partition coefficient (Wildman–Crippen LogP) is 1.75. The number of amides is 1. The number of carboxylic acid groups (broad SMARTS) is 1. The third-order valence-electron chi connectivity index (χ3n) is 4.34. The molecule has 0 aromatic heterocycles. The summed E-state index contributed by atoms with van der Waals surface area (Å²) in [6.07, 6.45) is 2.40. The van der Waals surface area contributed by atoms with Crippen molar-refractivity contribution >= 4 is 11.9 Å². The number of hydrogen-bond acceptors (Lipinski definition) is 2. The van der Waals surface area contributed by atoms with Gasteiger partial charge in [-0.1, -0.05) is 13.8 Å². The van der Waals surface area contributed by atoms with Crippen LogP contribution in [0.5, 0.6) is 0 Å². The number of likely N-dealkylation sites (tertiary alicyclic amines) is 1. The highest BCUT2D eigenvalue weighted by Crippen LogP contribution is 2.52. The zero-order valence-electron chi connectivity index (χ0n) is 10.8. The molecule has 2 atom stereocenters. The van der Waals surface area contributed by atoms with E-state index < -0.39 is 11.4 Å². The molecule has 2 aliphatic rings. The lowest BCUT2D eigenvalue weighted by Gasteiger charge is -2.37. The Morgan fingerprint density at radius 3 is 2.35 bits per heavy atom. The molecule has 1 N–H and O–H groups in total. The van der Waals surface area contributed by atoms with Crippen molar-refractivity contribution < 1.29 is 14.7 Å². The largest absolute Gasteiger partial charge is 0.481 e. The summed E-state index contributed by atoms with van der Waals surface area (Å²) < 4.78 is 0. The summed E-state index contributed by atoms with van der Waals surface area (Å²) in [5.74, 6) is -0.522. The average Bonchev–Trinajstić information content (AvgIpc) is 2.86. The van der Waals surface area contributed by atoms with Gasteiger partial charge in [0.2, 0.25) is 5.91 Å². The number of nitrogens with zero attached hydrogens (tertiary/aromatic N) is 1. The van der Waals surface area contributed by atoms with Gasteiger partial charge in [0, 0.05) is 19.0 Å². The highest BCUT2D eigenvalue weighted by atomic mass is 16.4. The third-order valence-corrected chi connectivity index (χ3v) is 4.34. The zero-order valence-corrected chi connectivity index (χ0v) is 10.8. The van der Waals surface area contributed by atoms with Crippen LogP contribution in [0.25, 0.3) is 0 Å². The Bertz CT molecular complexity index is 364. The van der Waals surface area contributed by atoms with E-state index in [0.29, 0.717) is 19.5 Å². The van der Waals surface area contributed by atoms with Crippen molar-refractivity contribution in [1.82, 2.24) is 4.90 Å². The Morgan fingerprint density at radius 2 is 1.88 bits per heavy atom. The van der Waals surface area contributed by atoms with Gasteiger partial charge in [-0.2, -0.15) is 0 Å². The van der Waals surface area contributed by atoms with E-state index in [0.717, 1.165) is 12.8 Å². The van der Waals surface area contributed by atoms with E-state index >= 15 is 0 Å². The van der Waals surface area contributed by atoms with Gasteiger partial charge in [-0.15, -0.1) is 0 Å². The highest BCUT2D eigenvalue weighted by molar-refractivity contribution is 5.84. The topological polar surface area (TPSA) is 57.6 Å². The first kappa shape index (κ1) is 12.4. The van der Waals surface area contributed by atoms with Gasteiger partial charge in [-0.3, -0.25) is 9.59 Å². The van der Waals surface area contributed by atoms with Crippen LogP contribution in [0.4, 0.5) is 0 Å². The first-order valence-corrected chi connectivity index (χ1v) is 6.28. The van der Waals surface area contributed by atoms with Crippen LogP contribution >= 0.6 is 0 Å². The van der Waals surface area contributed by atoms with Crippen LogP contribution in [0.2, 0.25) is 0 Å². The van der Waals surface area contributed by atoms with Gasteiger partial charge >= 0.3 is 5.97 Å². The van der Waals surface area contributed by atoms with Crippen LogP contribution in [0, 0.1) is 16.7 Å². The molecule has 0 radical (unpaired) electrons. The smallest absolute Gasteiger partial charge is 0.311 e. The molecule has 0 spiro atoms. The van der Waals surface area contributed by atoms with Crippen molar-refractivity contribution in [3.05, 3.63) is 0 Å². The lowest BCUT2D eigenvalue weighted by atomic mass is 9.82. The lowest BCUT2D eigenvalue weighted by Crippen LogP contribution is -2.49. The minimum Gasteiger partial charge on any atom is -0.481 e. The van der Waals surface area contributed by atoms with E-state index in [1.807, 2.05) is 0 Å². The minimum absolute atomic E-state index is 0.110. The monoisotopic (exact) mass is 239 g/mol. The van der Waals surface area contributed by atoms with Crippen LogP contribution in [0.3, 0.4) is 0 Å². The van der Waals surface area contributed by atoms with Crippen LogP contribution in [0.1, 0.15) is 40.0 Å². The normalized spacial score (nSPS) is 35.5. The molecule has 4 nitrogen and oxygen atoms in total. The third kappa shape index (κ3) is 2.17. The molecule has 1 aliphatic heterocycles. The number of aliphatic carboxylic acids is 1. The van der Waals surface area contributed by atoms with E-state index in [2.05, 4.69) is 13.8 Å². The Balaban J connectivity index is 2.03. The molecule has 2 fully saturated rings. The van der Waals surface area contributed by atoms with E-state index in [1.54, 1.807) is 11.8 Å². The van der Waals surface area contributed by atoms with Crippen molar-refractivity contribution in [3.63, 3.8) is 0 Å². The Labute approximate surface area is 102 Å². The number of rotatable bonds is 2. The van der Waals surface area contributed by atoms with Crippen molar-refractivity contribution in [2.24, 2.45) is 16.7 Å². The molecule has 1 saturated heterocycles.